The Kier molecular flexibility index (Phi) is 1.95. The molecular weight excluding hydrogens is 138 g/mol. The van der Waals surface area contributed by atoms with Gasteiger partial charge in [0.15, 0.2) is 0 Å². The van der Waals surface area contributed by atoms with E-state index in [-0.39, 0.29) is 0 Å². The van der Waals surface area contributed by atoms with Crippen molar-refractivity contribution in [2.75, 3.05) is 0 Å². The molecule has 0 heterocycles. The van der Waals surface area contributed by atoms with Gasteiger partial charge in [-0.2, -0.15) is 5.26 Å². The minimum atomic E-state index is -0.399. The zero-order valence-corrected chi connectivity index (χ0v) is 6.54. The molecule has 0 radical (unpaired) electrons. The Bertz CT molecular complexity index is 241. The van der Waals surface area contributed by atoms with E-state index in [1.165, 1.54) is 6.20 Å². The Hall–Kier alpha value is -1.30. The first-order valence-corrected chi connectivity index (χ1v) is 3.57. The van der Waals surface area contributed by atoms with Crippen LogP contribution in [0.3, 0.4) is 0 Å². The van der Waals surface area contributed by atoms with Crippen LogP contribution in [-0.4, -0.2) is 11.8 Å². The zero-order chi connectivity index (χ0) is 8.32. The van der Waals surface area contributed by atoms with Crippen molar-refractivity contribution in [2.24, 2.45) is 10.7 Å². The van der Waals surface area contributed by atoms with Crippen LogP contribution in [0, 0.1) is 11.3 Å². The number of nitrogens with two attached hydrogens (primary N) is 1. The van der Waals surface area contributed by atoms with Gasteiger partial charge in [0, 0.05) is 6.21 Å². The van der Waals surface area contributed by atoms with E-state index >= 15 is 0 Å². The predicted octanol–water partition coefficient (Wildman–Crippen LogP) is 0.976. The molecule has 1 rings (SSSR count). The highest BCUT2D eigenvalue weighted by atomic mass is 14.9. The van der Waals surface area contributed by atoms with E-state index in [1.54, 1.807) is 6.21 Å². The van der Waals surface area contributed by atoms with Crippen LogP contribution >= 0.6 is 0 Å². The molecule has 0 atom stereocenters. The topological polar surface area (TPSA) is 62.2 Å². The lowest BCUT2D eigenvalue weighted by Crippen LogP contribution is -2.00. The second-order valence-electron chi connectivity index (χ2n) is 2.81. The quantitative estimate of drug-likeness (QED) is 0.595. The number of nitriles is 1. The molecule has 58 valence electrons. The van der Waals surface area contributed by atoms with Crippen LogP contribution in [0.25, 0.3) is 0 Å². The van der Waals surface area contributed by atoms with E-state index in [0.29, 0.717) is 0 Å². The molecule has 1 aliphatic rings. The molecule has 0 aromatic rings. The zero-order valence-electron chi connectivity index (χ0n) is 6.54. The summed E-state index contributed by atoms with van der Waals surface area (Å²) in [6, 6.07) is 2.17. The summed E-state index contributed by atoms with van der Waals surface area (Å²) in [4.78, 5) is 4.12. The normalized spacial score (nSPS) is 21.6. The first kappa shape index (κ1) is 7.80. The van der Waals surface area contributed by atoms with E-state index in [1.807, 2.05) is 6.92 Å². The van der Waals surface area contributed by atoms with Crippen LogP contribution in [0.1, 0.15) is 19.8 Å². The second-order valence-corrected chi connectivity index (χ2v) is 2.81. The van der Waals surface area contributed by atoms with Crippen molar-refractivity contribution in [3.63, 3.8) is 0 Å². The van der Waals surface area contributed by atoms with Crippen LogP contribution in [0.15, 0.2) is 16.8 Å². The molecule has 0 bridgehead atoms. The van der Waals surface area contributed by atoms with Crippen molar-refractivity contribution in [3.05, 3.63) is 11.8 Å². The third-order valence-corrected chi connectivity index (χ3v) is 1.71. The summed E-state index contributed by atoms with van der Waals surface area (Å²) in [6.07, 6.45) is 4.92. The third-order valence-electron chi connectivity index (χ3n) is 1.71. The molecule has 0 aromatic heterocycles. The first-order chi connectivity index (χ1) is 5.22. The molecule has 1 aliphatic carbocycles. The van der Waals surface area contributed by atoms with Gasteiger partial charge in [0.25, 0.3) is 0 Å². The van der Waals surface area contributed by atoms with E-state index in [2.05, 4.69) is 11.1 Å². The summed E-state index contributed by atoms with van der Waals surface area (Å²) in [5.74, 6) is 0. The molecule has 1 saturated carbocycles. The highest BCUT2D eigenvalue weighted by Gasteiger charge is 2.42. The van der Waals surface area contributed by atoms with Gasteiger partial charge in [-0.05, 0) is 31.5 Å². The average molecular weight is 149 g/mol. The Morgan fingerprint density at radius 2 is 2.36 bits per heavy atom. The maximum Gasteiger partial charge on any atom is 0.147 e. The third kappa shape index (κ3) is 1.81. The second kappa shape index (κ2) is 2.75. The SMILES string of the molecule is C/C(C=NC1(C#N)CC1)=C/N. The minimum absolute atomic E-state index is 0.399. The Balaban J connectivity index is 2.56. The van der Waals surface area contributed by atoms with Crippen LogP contribution < -0.4 is 5.73 Å². The van der Waals surface area contributed by atoms with Crippen LogP contribution in [0.5, 0.6) is 0 Å². The Labute approximate surface area is 66.2 Å². The summed E-state index contributed by atoms with van der Waals surface area (Å²) >= 11 is 0. The lowest BCUT2D eigenvalue weighted by molar-refractivity contribution is 0.879. The molecule has 0 saturated heterocycles. The summed E-state index contributed by atoms with van der Waals surface area (Å²) in [6.45, 7) is 1.86. The molecule has 11 heavy (non-hydrogen) atoms. The highest BCUT2D eigenvalue weighted by molar-refractivity contribution is 5.78. The highest BCUT2D eigenvalue weighted by Crippen LogP contribution is 2.38. The number of aliphatic imine (C=N–C) groups is 1. The van der Waals surface area contributed by atoms with Gasteiger partial charge in [0.1, 0.15) is 5.54 Å². The maximum atomic E-state index is 8.63. The molecular formula is C8H11N3. The van der Waals surface area contributed by atoms with Gasteiger partial charge in [-0.25, -0.2) is 0 Å². The Morgan fingerprint density at radius 3 is 2.73 bits per heavy atom. The van der Waals surface area contributed by atoms with Gasteiger partial charge in [-0.15, -0.1) is 0 Å². The average Bonchev–Trinajstić information content (AvgIpc) is 2.81. The van der Waals surface area contributed by atoms with Crippen molar-refractivity contribution in [1.82, 2.24) is 0 Å². The lowest BCUT2D eigenvalue weighted by atomic mass is 10.3. The molecule has 3 nitrogen and oxygen atoms in total. The summed E-state index contributed by atoms with van der Waals surface area (Å²) in [5, 5.41) is 8.63. The van der Waals surface area contributed by atoms with Gasteiger partial charge in [-0.3, -0.25) is 4.99 Å². The van der Waals surface area contributed by atoms with Crippen molar-refractivity contribution in [1.29, 1.82) is 5.26 Å². The fourth-order valence-electron chi connectivity index (χ4n) is 0.657. The number of rotatable bonds is 2. The summed E-state index contributed by atoms with van der Waals surface area (Å²) in [7, 11) is 0. The smallest absolute Gasteiger partial charge is 0.147 e. The molecule has 0 unspecified atom stereocenters. The molecule has 0 aromatic carbocycles. The van der Waals surface area contributed by atoms with E-state index in [0.717, 1.165) is 18.4 Å². The van der Waals surface area contributed by atoms with E-state index in [4.69, 9.17) is 11.0 Å². The van der Waals surface area contributed by atoms with Gasteiger partial charge in [0.2, 0.25) is 0 Å². The number of hydrogen-bond acceptors (Lipinski definition) is 3. The van der Waals surface area contributed by atoms with E-state index < -0.39 is 5.54 Å². The van der Waals surface area contributed by atoms with Crippen LogP contribution in [-0.2, 0) is 0 Å². The van der Waals surface area contributed by atoms with Gasteiger partial charge in [0.05, 0.1) is 6.07 Å². The minimum Gasteiger partial charge on any atom is -0.404 e. The molecule has 0 aliphatic heterocycles. The molecule has 1 fully saturated rings. The largest absolute Gasteiger partial charge is 0.404 e. The van der Waals surface area contributed by atoms with Crippen molar-refractivity contribution in [2.45, 2.75) is 25.3 Å². The number of hydrogen-bond donors (Lipinski definition) is 1. The molecule has 3 heteroatoms. The van der Waals surface area contributed by atoms with Crippen molar-refractivity contribution in [3.8, 4) is 6.07 Å². The molecule has 0 amide bonds. The predicted molar refractivity (Wildman–Crippen MR) is 44.0 cm³/mol. The number of nitrogens with zero attached hydrogens (tertiary/aromatic N) is 2. The van der Waals surface area contributed by atoms with Gasteiger partial charge in [-0.1, -0.05) is 0 Å². The fourth-order valence-corrected chi connectivity index (χ4v) is 0.657. The Morgan fingerprint density at radius 1 is 1.73 bits per heavy atom. The van der Waals surface area contributed by atoms with Crippen LogP contribution in [0.4, 0.5) is 0 Å². The first-order valence-electron chi connectivity index (χ1n) is 3.57. The maximum absolute atomic E-state index is 8.63. The molecule has 0 spiro atoms. The fraction of sp³-hybridized carbons (Fsp3) is 0.500. The van der Waals surface area contributed by atoms with Crippen LogP contribution in [0.2, 0.25) is 0 Å². The number of allylic oxidation sites excluding steroid dienone is 1. The van der Waals surface area contributed by atoms with Gasteiger partial charge >= 0.3 is 0 Å². The monoisotopic (exact) mass is 149 g/mol. The molecule has 2 N–H and O–H groups in total. The van der Waals surface area contributed by atoms with E-state index in [9.17, 15) is 0 Å². The lowest BCUT2D eigenvalue weighted by Gasteiger charge is -1.94. The summed E-state index contributed by atoms with van der Waals surface area (Å²) < 4.78 is 0. The standard InChI is InChI=1S/C8H11N3/c1-7(4-9)5-11-8(6-10)2-3-8/h4-5H,2-3,9H2,1H3/b7-4-,11-5?. The van der Waals surface area contributed by atoms with Gasteiger partial charge < -0.3 is 5.73 Å². The van der Waals surface area contributed by atoms with Crippen molar-refractivity contribution >= 4 is 6.21 Å². The summed E-state index contributed by atoms with van der Waals surface area (Å²) in [5.41, 5.74) is 5.72. The van der Waals surface area contributed by atoms with Crippen molar-refractivity contribution < 1.29 is 0 Å².